The van der Waals surface area contributed by atoms with Crippen molar-refractivity contribution >= 4 is 11.4 Å². The molecular weight excluding hydrogens is 614 g/mol. The van der Waals surface area contributed by atoms with E-state index in [0.29, 0.717) is 23.7 Å². The molecule has 1 aliphatic heterocycles. The Hall–Kier alpha value is -2.05. The van der Waals surface area contributed by atoms with E-state index in [4.69, 9.17) is 0 Å². The zero-order valence-corrected chi connectivity index (χ0v) is 28.2. The minimum atomic E-state index is 0. The van der Waals surface area contributed by atoms with Gasteiger partial charge in [-0.05, 0) is 57.9 Å². The van der Waals surface area contributed by atoms with Crippen molar-refractivity contribution in [3.63, 3.8) is 0 Å². The number of rotatable bonds is 8. The molecule has 0 amide bonds. The topological polar surface area (TPSA) is 6.48 Å². The summed E-state index contributed by atoms with van der Waals surface area (Å²) in [7, 11) is 0. The van der Waals surface area contributed by atoms with E-state index in [1.165, 1.54) is 52.0 Å². The first-order valence-electron chi connectivity index (χ1n) is 14.5. The number of benzene rings is 3. The van der Waals surface area contributed by atoms with Crippen LogP contribution in [-0.2, 0) is 26.8 Å². The van der Waals surface area contributed by atoms with Gasteiger partial charge in [-0.1, -0.05) is 143 Å². The van der Waals surface area contributed by atoms with Gasteiger partial charge in [0.1, 0.15) is 0 Å². The smallest absolute Gasteiger partial charge is 0.150 e. The number of halogens is 1. The average molecular weight is 668 g/mol. The second kappa shape index (κ2) is 18.5. The van der Waals surface area contributed by atoms with Crippen LogP contribution in [0.3, 0.4) is 0 Å². The van der Waals surface area contributed by atoms with Crippen LogP contribution in [0.5, 0.6) is 0 Å². The summed E-state index contributed by atoms with van der Waals surface area (Å²) in [6.07, 6.45) is 6.88. The number of aryl methyl sites for hydroxylation is 1. The molecule has 1 aliphatic rings. The molecule has 1 radical (unpaired) electrons. The summed E-state index contributed by atoms with van der Waals surface area (Å²) in [6.45, 7) is 22.7. The SMILES string of the molecule is C.CC(C)c1cccc(C(C)C)c1N1[CH]N(c2c(C(C)C)cccc2C(C)C)C=C1.CCCc1ccccc1.[Cl-].[Pd]. The molecule has 0 atom stereocenters. The van der Waals surface area contributed by atoms with Crippen LogP contribution in [0.1, 0.15) is 128 Å². The van der Waals surface area contributed by atoms with Gasteiger partial charge in [0.25, 0.3) is 0 Å². The monoisotopic (exact) mass is 666 g/mol. The molecule has 0 aromatic heterocycles. The molecule has 0 saturated carbocycles. The molecule has 0 saturated heterocycles. The van der Waals surface area contributed by atoms with Gasteiger partial charge in [-0.3, -0.25) is 0 Å². The van der Waals surface area contributed by atoms with E-state index in [2.05, 4.69) is 158 Å². The Morgan fingerprint density at radius 2 is 0.878 bits per heavy atom. The maximum absolute atomic E-state index is 2.33. The van der Waals surface area contributed by atoms with Gasteiger partial charge in [-0.25, -0.2) is 0 Å². The summed E-state index contributed by atoms with van der Waals surface area (Å²) < 4.78 is 0. The van der Waals surface area contributed by atoms with Crippen molar-refractivity contribution in [3.8, 4) is 0 Å². The molecule has 4 rings (SSSR count). The molecule has 0 bridgehead atoms. The normalized spacial score (nSPS) is 12.2. The van der Waals surface area contributed by atoms with Crippen molar-refractivity contribution in [1.29, 1.82) is 0 Å². The first-order valence-corrected chi connectivity index (χ1v) is 14.5. The molecule has 3 aromatic carbocycles. The summed E-state index contributed by atoms with van der Waals surface area (Å²) in [6, 6.07) is 24.1. The minimum Gasteiger partial charge on any atom is -1.00 e. The van der Waals surface area contributed by atoms with Crippen LogP contribution in [0, 0.1) is 6.67 Å². The van der Waals surface area contributed by atoms with Crippen molar-refractivity contribution in [2.75, 3.05) is 9.80 Å². The van der Waals surface area contributed by atoms with Gasteiger partial charge in [0, 0.05) is 44.2 Å². The number of nitrogens with zero attached hydrogens (tertiary/aromatic N) is 2. The van der Waals surface area contributed by atoms with Crippen LogP contribution in [0.25, 0.3) is 0 Å². The van der Waals surface area contributed by atoms with Gasteiger partial charge < -0.3 is 22.2 Å². The van der Waals surface area contributed by atoms with E-state index >= 15 is 0 Å². The van der Waals surface area contributed by atoms with Crippen molar-refractivity contribution < 1.29 is 32.8 Å². The number of hydrogen-bond donors (Lipinski definition) is 0. The van der Waals surface area contributed by atoms with Gasteiger partial charge >= 0.3 is 0 Å². The Bertz CT molecular complexity index is 1060. The molecule has 1 heterocycles. The summed E-state index contributed by atoms with van der Waals surface area (Å²) in [4.78, 5) is 4.65. The molecule has 41 heavy (non-hydrogen) atoms. The standard InChI is InChI=1S/C27H37N2.C9H12.CH4.ClH.Pd/c1-18(2)22-11-9-12-23(19(3)4)26(22)28-15-16-29(17-28)27-24(20(5)6)13-10-14-25(27)21(7)8;1-2-6-9-7-4-3-5-8-9;;;/h9-21H,1-8H3;3-5,7-8H,2,6H2,1H3;1H4;1H;/p-1. The Balaban J connectivity index is 0.00000115. The fourth-order valence-corrected chi connectivity index (χ4v) is 5.17. The maximum Gasteiger partial charge on any atom is 0.150 e. The number of anilines is 2. The van der Waals surface area contributed by atoms with E-state index < -0.39 is 0 Å². The van der Waals surface area contributed by atoms with Crippen molar-refractivity contribution in [3.05, 3.63) is 114 Å². The molecule has 0 N–H and O–H groups in total. The first-order chi connectivity index (χ1) is 18.1. The Morgan fingerprint density at radius 1 is 0.537 bits per heavy atom. The molecule has 0 spiro atoms. The minimum absolute atomic E-state index is 0. The van der Waals surface area contributed by atoms with Crippen LogP contribution in [-0.4, -0.2) is 0 Å². The molecule has 0 fully saturated rings. The van der Waals surface area contributed by atoms with Crippen LogP contribution in [0.15, 0.2) is 79.1 Å². The molecule has 2 nitrogen and oxygen atoms in total. The Morgan fingerprint density at radius 3 is 1.17 bits per heavy atom. The number of hydrogen-bond acceptors (Lipinski definition) is 2. The summed E-state index contributed by atoms with van der Waals surface area (Å²) in [5.41, 5.74) is 9.73. The third-order valence-electron chi connectivity index (χ3n) is 7.22. The largest absolute Gasteiger partial charge is 1.00 e. The van der Waals surface area contributed by atoms with E-state index in [-0.39, 0.29) is 40.3 Å². The van der Waals surface area contributed by atoms with Crippen LogP contribution >= 0.6 is 0 Å². The zero-order chi connectivity index (χ0) is 27.8. The summed E-state index contributed by atoms with van der Waals surface area (Å²) in [5.74, 6) is 1.92. The molecule has 229 valence electrons. The Kier molecular flexibility index (Phi) is 17.6. The van der Waals surface area contributed by atoms with Gasteiger partial charge in [0.15, 0.2) is 6.67 Å². The average Bonchev–Trinajstić information content (AvgIpc) is 3.38. The van der Waals surface area contributed by atoms with Crippen LogP contribution < -0.4 is 22.2 Å². The molecule has 0 aliphatic carbocycles. The second-order valence-electron chi connectivity index (χ2n) is 11.7. The van der Waals surface area contributed by atoms with Crippen LogP contribution in [0.2, 0.25) is 0 Å². The fourth-order valence-electron chi connectivity index (χ4n) is 5.17. The van der Waals surface area contributed by atoms with Gasteiger partial charge in [-0.15, -0.1) is 0 Å². The Labute approximate surface area is 272 Å². The summed E-state index contributed by atoms with van der Waals surface area (Å²) >= 11 is 0. The second-order valence-corrected chi connectivity index (χ2v) is 11.7. The van der Waals surface area contributed by atoms with E-state index in [9.17, 15) is 0 Å². The first kappa shape index (κ1) is 39.0. The van der Waals surface area contributed by atoms with Gasteiger partial charge in [0.2, 0.25) is 0 Å². The van der Waals surface area contributed by atoms with E-state index in [0.717, 1.165) is 0 Å². The molecular formula is C37H53ClN2Pd-. The van der Waals surface area contributed by atoms with E-state index in [1.54, 1.807) is 0 Å². The predicted molar refractivity (Wildman–Crippen MR) is 175 cm³/mol. The quantitative estimate of drug-likeness (QED) is 0.223. The van der Waals surface area contributed by atoms with Gasteiger partial charge in [-0.2, -0.15) is 0 Å². The predicted octanol–water partition coefficient (Wildman–Crippen LogP) is 8.37. The zero-order valence-electron chi connectivity index (χ0n) is 25.9. The van der Waals surface area contributed by atoms with E-state index in [1.807, 2.05) is 0 Å². The fraction of sp³-hybridized carbons (Fsp3) is 0.432. The number of para-hydroxylation sites is 2. The molecule has 3 aromatic rings. The maximum atomic E-state index is 2.33. The third kappa shape index (κ3) is 10.0. The van der Waals surface area contributed by atoms with Crippen molar-refractivity contribution in [1.82, 2.24) is 0 Å². The van der Waals surface area contributed by atoms with Crippen molar-refractivity contribution in [2.45, 2.75) is 106 Å². The van der Waals surface area contributed by atoms with Gasteiger partial charge in [0.05, 0.1) is 0 Å². The summed E-state index contributed by atoms with van der Waals surface area (Å²) in [5, 5.41) is 0. The molecule has 4 heteroatoms. The van der Waals surface area contributed by atoms with Crippen LogP contribution in [0.4, 0.5) is 11.4 Å². The molecule has 0 unspecified atom stereocenters. The van der Waals surface area contributed by atoms with Crippen molar-refractivity contribution in [2.24, 2.45) is 0 Å². The third-order valence-corrected chi connectivity index (χ3v) is 7.22.